The van der Waals surface area contributed by atoms with Gasteiger partial charge in [-0.2, -0.15) is 13.2 Å². The van der Waals surface area contributed by atoms with Gasteiger partial charge in [0, 0.05) is 0 Å². The first-order chi connectivity index (χ1) is 9.31. The fraction of sp³-hybridized carbons (Fsp3) is 0.500. The summed E-state index contributed by atoms with van der Waals surface area (Å²) in [6, 6.07) is 1.68. The van der Waals surface area contributed by atoms with Crippen molar-refractivity contribution in [2.24, 2.45) is 17.4 Å². The van der Waals surface area contributed by atoms with E-state index in [1.807, 2.05) is 0 Å². The number of pyridine rings is 1. The molecule has 0 bridgehead atoms. The van der Waals surface area contributed by atoms with Crippen molar-refractivity contribution in [2.75, 3.05) is 6.54 Å². The van der Waals surface area contributed by atoms with Crippen LogP contribution in [0.15, 0.2) is 12.1 Å². The molecule has 1 amide bonds. The van der Waals surface area contributed by atoms with E-state index < -0.39 is 17.8 Å². The normalized spacial score (nSPS) is 22.2. The second kappa shape index (κ2) is 5.28. The number of aromatic nitrogens is 1. The first kappa shape index (κ1) is 14.6. The lowest BCUT2D eigenvalue weighted by Gasteiger charge is -2.34. The van der Waals surface area contributed by atoms with E-state index in [1.165, 1.54) is 0 Å². The monoisotopic (exact) mass is 289 g/mol. The Hall–Kier alpha value is -1.83. The largest absolute Gasteiger partial charge is 0.474 e. The Morgan fingerprint density at radius 1 is 1.40 bits per heavy atom. The second-order valence-electron chi connectivity index (χ2n) is 4.72. The fourth-order valence-electron chi connectivity index (χ4n) is 2.00. The van der Waals surface area contributed by atoms with Gasteiger partial charge in [0.1, 0.15) is 17.4 Å². The van der Waals surface area contributed by atoms with Gasteiger partial charge in [0.2, 0.25) is 5.88 Å². The van der Waals surface area contributed by atoms with Crippen molar-refractivity contribution in [3.8, 4) is 5.88 Å². The minimum atomic E-state index is -4.60. The van der Waals surface area contributed by atoms with Crippen LogP contribution in [-0.4, -0.2) is 23.5 Å². The minimum absolute atomic E-state index is 0.158. The van der Waals surface area contributed by atoms with Crippen LogP contribution in [-0.2, 0) is 6.18 Å². The average Bonchev–Trinajstić information content (AvgIpc) is 2.31. The number of amides is 1. The molecular weight excluding hydrogens is 275 g/mol. The number of carbonyl (C=O) groups is 1. The van der Waals surface area contributed by atoms with Gasteiger partial charge in [-0.25, -0.2) is 4.98 Å². The lowest BCUT2D eigenvalue weighted by molar-refractivity contribution is -0.141. The molecule has 1 fully saturated rings. The van der Waals surface area contributed by atoms with Crippen LogP contribution < -0.4 is 16.2 Å². The molecule has 0 saturated heterocycles. The van der Waals surface area contributed by atoms with Gasteiger partial charge in [0.15, 0.2) is 0 Å². The first-order valence-corrected chi connectivity index (χ1v) is 6.06. The molecule has 1 aliphatic rings. The zero-order valence-electron chi connectivity index (χ0n) is 10.5. The maximum absolute atomic E-state index is 12.6. The molecule has 8 heteroatoms. The zero-order valence-corrected chi connectivity index (χ0v) is 10.5. The molecule has 110 valence electrons. The molecule has 1 aliphatic carbocycles. The molecule has 20 heavy (non-hydrogen) atoms. The van der Waals surface area contributed by atoms with E-state index in [9.17, 15) is 18.0 Å². The minimum Gasteiger partial charge on any atom is -0.474 e. The van der Waals surface area contributed by atoms with Crippen molar-refractivity contribution in [2.45, 2.75) is 25.1 Å². The van der Waals surface area contributed by atoms with Crippen LogP contribution in [0.25, 0.3) is 0 Å². The number of hydrogen-bond donors (Lipinski definition) is 2. The number of primary amides is 1. The Morgan fingerprint density at radius 2 is 2.05 bits per heavy atom. The Kier molecular flexibility index (Phi) is 3.85. The maximum atomic E-state index is 12.6. The Bertz CT molecular complexity index is 513. The maximum Gasteiger partial charge on any atom is 0.433 e. The van der Waals surface area contributed by atoms with Gasteiger partial charge in [0.05, 0.1) is 0 Å². The van der Waals surface area contributed by atoms with Crippen LogP contribution in [0.2, 0.25) is 0 Å². The highest BCUT2D eigenvalue weighted by Gasteiger charge is 2.35. The molecule has 5 nitrogen and oxygen atoms in total. The van der Waals surface area contributed by atoms with E-state index >= 15 is 0 Å². The van der Waals surface area contributed by atoms with Crippen molar-refractivity contribution >= 4 is 5.91 Å². The van der Waals surface area contributed by atoms with Crippen molar-refractivity contribution in [3.05, 3.63) is 23.4 Å². The van der Waals surface area contributed by atoms with Crippen LogP contribution in [0.3, 0.4) is 0 Å². The number of alkyl halides is 3. The zero-order chi connectivity index (χ0) is 14.9. The summed E-state index contributed by atoms with van der Waals surface area (Å²) in [6.07, 6.45) is -3.62. The van der Waals surface area contributed by atoms with Gasteiger partial charge in [-0.05, 0) is 37.4 Å². The highest BCUT2D eigenvalue weighted by molar-refractivity contribution is 5.95. The SMILES string of the molecule is NCC1CC(Oc2nc(C(F)(F)F)ccc2C(N)=O)C1. The van der Waals surface area contributed by atoms with E-state index in [0.717, 1.165) is 6.07 Å². The number of carbonyl (C=O) groups excluding carboxylic acids is 1. The van der Waals surface area contributed by atoms with Gasteiger partial charge in [0.25, 0.3) is 5.91 Å². The summed E-state index contributed by atoms with van der Waals surface area (Å²) in [7, 11) is 0. The summed E-state index contributed by atoms with van der Waals surface area (Å²) >= 11 is 0. The molecule has 4 N–H and O–H groups in total. The van der Waals surface area contributed by atoms with E-state index in [1.54, 1.807) is 0 Å². The Balaban J connectivity index is 2.22. The molecule has 0 spiro atoms. The van der Waals surface area contributed by atoms with Crippen LogP contribution >= 0.6 is 0 Å². The average molecular weight is 289 g/mol. The standard InChI is InChI=1S/C12H14F3N3O2/c13-12(14,15)9-2-1-8(10(17)19)11(18-9)20-7-3-6(4-7)5-16/h1-2,6-7H,3-5,16H2,(H2,17,19). The van der Waals surface area contributed by atoms with Crippen molar-refractivity contribution in [3.63, 3.8) is 0 Å². The smallest absolute Gasteiger partial charge is 0.433 e. The van der Waals surface area contributed by atoms with Crippen LogP contribution in [0.4, 0.5) is 13.2 Å². The third-order valence-corrected chi connectivity index (χ3v) is 3.22. The molecule has 0 aliphatic heterocycles. The number of nitrogens with zero attached hydrogens (tertiary/aromatic N) is 1. The summed E-state index contributed by atoms with van der Waals surface area (Å²) in [5.41, 5.74) is 9.28. The molecule has 2 rings (SSSR count). The Labute approximate surface area is 113 Å². The van der Waals surface area contributed by atoms with E-state index in [0.29, 0.717) is 31.4 Å². The third-order valence-electron chi connectivity index (χ3n) is 3.22. The van der Waals surface area contributed by atoms with Crippen LogP contribution in [0, 0.1) is 5.92 Å². The summed E-state index contributed by atoms with van der Waals surface area (Å²) in [6.45, 7) is 0.499. The van der Waals surface area contributed by atoms with Gasteiger partial charge in [-0.1, -0.05) is 0 Å². The van der Waals surface area contributed by atoms with Gasteiger partial charge < -0.3 is 16.2 Å². The molecule has 1 aromatic heterocycles. The number of halogens is 3. The first-order valence-electron chi connectivity index (χ1n) is 6.06. The predicted octanol–water partition coefficient (Wildman–Crippen LogP) is 1.32. The highest BCUT2D eigenvalue weighted by Crippen LogP contribution is 2.34. The van der Waals surface area contributed by atoms with E-state index in [2.05, 4.69) is 4.98 Å². The Morgan fingerprint density at radius 3 is 2.55 bits per heavy atom. The summed E-state index contributed by atoms with van der Waals surface area (Å²) < 4.78 is 43.1. The number of nitrogens with two attached hydrogens (primary N) is 2. The topological polar surface area (TPSA) is 91.2 Å². The van der Waals surface area contributed by atoms with Gasteiger partial charge in [-0.15, -0.1) is 0 Å². The summed E-state index contributed by atoms with van der Waals surface area (Å²) in [5, 5.41) is 0. The molecule has 0 atom stereocenters. The van der Waals surface area contributed by atoms with Gasteiger partial charge in [-0.3, -0.25) is 4.79 Å². The lowest BCUT2D eigenvalue weighted by Crippen LogP contribution is -2.38. The van der Waals surface area contributed by atoms with Crippen molar-refractivity contribution in [1.29, 1.82) is 0 Å². The van der Waals surface area contributed by atoms with E-state index in [4.69, 9.17) is 16.2 Å². The van der Waals surface area contributed by atoms with Gasteiger partial charge >= 0.3 is 6.18 Å². The second-order valence-corrected chi connectivity index (χ2v) is 4.72. The summed E-state index contributed by atoms with van der Waals surface area (Å²) in [4.78, 5) is 14.6. The fourth-order valence-corrected chi connectivity index (χ4v) is 2.00. The predicted molar refractivity (Wildman–Crippen MR) is 64.0 cm³/mol. The quantitative estimate of drug-likeness (QED) is 0.874. The molecular formula is C12H14F3N3O2. The number of ether oxygens (including phenoxy) is 1. The molecule has 1 saturated carbocycles. The third kappa shape index (κ3) is 3.01. The number of hydrogen-bond acceptors (Lipinski definition) is 4. The van der Waals surface area contributed by atoms with Crippen molar-refractivity contribution < 1.29 is 22.7 Å². The molecule has 0 radical (unpaired) electrons. The molecule has 0 unspecified atom stereocenters. The number of rotatable bonds is 4. The molecule has 0 aromatic carbocycles. The highest BCUT2D eigenvalue weighted by atomic mass is 19.4. The van der Waals surface area contributed by atoms with E-state index in [-0.39, 0.29) is 17.5 Å². The molecule has 1 heterocycles. The lowest BCUT2D eigenvalue weighted by atomic mass is 9.82. The van der Waals surface area contributed by atoms with Crippen LogP contribution in [0.5, 0.6) is 5.88 Å². The van der Waals surface area contributed by atoms with Crippen LogP contribution in [0.1, 0.15) is 28.9 Å². The molecule has 1 aromatic rings. The van der Waals surface area contributed by atoms with Crippen molar-refractivity contribution in [1.82, 2.24) is 4.98 Å². The summed E-state index contributed by atoms with van der Waals surface area (Å²) in [5.74, 6) is -0.952.